The number of hydrogen-bond donors (Lipinski definition) is 2. The lowest BCUT2D eigenvalue weighted by Gasteiger charge is -2.17. The van der Waals surface area contributed by atoms with E-state index in [1.807, 2.05) is 0 Å². The quantitative estimate of drug-likeness (QED) is 0.738. The first kappa shape index (κ1) is 17.2. The molecule has 0 aliphatic carbocycles. The SMILES string of the molecule is COCC(CCO)NC(=O)COc1ccc(Br)cc1Cl. The number of carbonyl (C=O) groups is 1. The van der Waals surface area contributed by atoms with Crippen LogP contribution in [0.5, 0.6) is 5.75 Å². The Labute approximate surface area is 131 Å². The fourth-order valence-electron chi connectivity index (χ4n) is 1.56. The number of ether oxygens (including phenoxy) is 2. The topological polar surface area (TPSA) is 67.8 Å². The largest absolute Gasteiger partial charge is 0.482 e. The van der Waals surface area contributed by atoms with E-state index in [0.29, 0.717) is 23.8 Å². The number of nitrogens with one attached hydrogen (secondary N) is 1. The minimum Gasteiger partial charge on any atom is -0.482 e. The molecule has 0 radical (unpaired) electrons. The van der Waals surface area contributed by atoms with Crippen LogP contribution in [0.2, 0.25) is 5.02 Å². The Hall–Kier alpha value is -0.820. The van der Waals surface area contributed by atoms with Gasteiger partial charge in [-0.25, -0.2) is 0 Å². The molecule has 5 nitrogen and oxygen atoms in total. The maximum absolute atomic E-state index is 11.7. The Bertz CT molecular complexity index is 438. The van der Waals surface area contributed by atoms with Gasteiger partial charge in [0, 0.05) is 18.2 Å². The van der Waals surface area contributed by atoms with E-state index in [0.717, 1.165) is 4.47 Å². The van der Waals surface area contributed by atoms with Gasteiger partial charge in [-0.2, -0.15) is 0 Å². The molecule has 0 aliphatic heterocycles. The predicted octanol–water partition coefficient (Wildman–Crippen LogP) is 1.99. The summed E-state index contributed by atoms with van der Waals surface area (Å²) in [6, 6.07) is 4.91. The monoisotopic (exact) mass is 365 g/mol. The number of methoxy groups -OCH3 is 1. The highest BCUT2D eigenvalue weighted by molar-refractivity contribution is 9.10. The van der Waals surface area contributed by atoms with Crippen molar-refractivity contribution in [2.24, 2.45) is 0 Å². The van der Waals surface area contributed by atoms with Gasteiger partial charge in [0.05, 0.1) is 17.7 Å². The van der Waals surface area contributed by atoms with Crippen molar-refractivity contribution >= 4 is 33.4 Å². The molecule has 1 amide bonds. The molecule has 0 heterocycles. The first-order valence-electron chi connectivity index (χ1n) is 6.03. The highest BCUT2D eigenvalue weighted by Crippen LogP contribution is 2.27. The van der Waals surface area contributed by atoms with Gasteiger partial charge in [0.15, 0.2) is 6.61 Å². The van der Waals surface area contributed by atoms with E-state index in [4.69, 9.17) is 26.2 Å². The normalized spacial score (nSPS) is 12.0. The summed E-state index contributed by atoms with van der Waals surface area (Å²) in [6.07, 6.45) is 0.429. The molecule has 1 rings (SSSR count). The van der Waals surface area contributed by atoms with Crippen LogP contribution in [0.4, 0.5) is 0 Å². The van der Waals surface area contributed by atoms with Crippen LogP contribution in [-0.2, 0) is 9.53 Å². The lowest BCUT2D eigenvalue weighted by atomic mass is 10.2. The van der Waals surface area contributed by atoms with Crippen LogP contribution in [0, 0.1) is 0 Å². The maximum atomic E-state index is 11.7. The zero-order valence-electron chi connectivity index (χ0n) is 11.1. The molecule has 1 atom stereocenters. The molecule has 0 spiro atoms. The summed E-state index contributed by atoms with van der Waals surface area (Å²) in [4.78, 5) is 11.7. The van der Waals surface area contributed by atoms with Crippen molar-refractivity contribution in [3.8, 4) is 5.75 Å². The molecule has 0 saturated carbocycles. The van der Waals surface area contributed by atoms with Gasteiger partial charge >= 0.3 is 0 Å². The van der Waals surface area contributed by atoms with Crippen molar-refractivity contribution in [2.45, 2.75) is 12.5 Å². The van der Waals surface area contributed by atoms with Crippen molar-refractivity contribution in [3.63, 3.8) is 0 Å². The van der Waals surface area contributed by atoms with Crippen molar-refractivity contribution in [1.29, 1.82) is 0 Å². The van der Waals surface area contributed by atoms with Crippen LogP contribution in [-0.4, -0.2) is 44.0 Å². The second-order valence-electron chi connectivity index (χ2n) is 4.10. The Kier molecular flexibility index (Phi) is 7.91. The van der Waals surface area contributed by atoms with Crippen molar-refractivity contribution in [1.82, 2.24) is 5.32 Å². The lowest BCUT2D eigenvalue weighted by molar-refractivity contribution is -0.124. The average molecular weight is 367 g/mol. The molecule has 1 unspecified atom stereocenters. The molecule has 7 heteroatoms. The standard InChI is InChI=1S/C13H17BrClNO4/c1-19-7-10(4-5-17)16-13(18)8-20-12-3-2-9(14)6-11(12)15/h2-3,6,10,17H,4-5,7-8H2,1H3,(H,16,18). The number of hydrogen-bond acceptors (Lipinski definition) is 4. The highest BCUT2D eigenvalue weighted by Gasteiger charge is 2.12. The molecular formula is C13H17BrClNO4. The molecule has 0 aliphatic rings. The van der Waals surface area contributed by atoms with Crippen LogP contribution in [0.1, 0.15) is 6.42 Å². The number of amides is 1. The summed E-state index contributed by atoms with van der Waals surface area (Å²) in [5, 5.41) is 12.0. The van der Waals surface area contributed by atoms with Crippen LogP contribution in [0.3, 0.4) is 0 Å². The second kappa shape index (κ2) is 9.18. The van der Waals surface area contributed by atoms with Gasteiger partial charge in [-0.3, -0.25) is 4.79 Å². The van der Waals surface area contributed by atoms with E-state index >= 15 is 0 Å². The van der Waals surface area contributed by atoms with Gasteiger partial charge in [0.25, 0.3) is 5.91 Å². The van der Waals surface area contributed by atoms with Crippen molar-refractivity contribution in [2.75, 3.05) is 26.9 Å². The Morgan fingerprint density at radius 3 is 2.90 bits per heavy atom. The third kappa shape index (κ3) is 6.09. The van der Waals surface area contributed by atoms with Crippen molar-refractivity contribution < 1.29 is 19.4 Å². The second-order valence-corrected chi connectivity index (χ2v) is 5.42. The number of aliphatic hydroxyl groups excluding tert-OH is 1. The fraction of sp³-hybridized carbons (Fsp3) is 0.462. The van der Waals surface area contributed by atoms with E-state index in [-0.39, 0.29) is 25.2 Å². The van der Waals surface area contributed by atoms with Gasteiger partial charge in [0.2, 0.25) is 0 Å². The van der Waals surface area contributed by atoms with Crippen LogP contribution in [0.25, 0.3) is 0 Å². The number of aliphatic hydroxyl groups is 1. The van der Waals surface area contributed by atoms with Gasteiger partial charge < -0.3 is 19.9 Å². The summed E-state index contributed by atoms with van der Waals surface area (Å²) >= 11 is 9.27. The smallest absolute Gasteiger partial charge is 0.258 e. The maximum Gasteiger partial charge on any atom is 0.258 e. The first-order chi connectivity index (χ1) is 9.56. The van der Waals surface area contributed by atoms with E-state index in [1.165, 1.54) is 7.11 Å². The van der Waals surface area contributed by atoms with Crippen molar-refractivity contribution in [3.05, 3.63) is 27.7 Å². The molecule has 112 valence electrons. The molecule has 1 aromatic carbocycles. The van der Waals surface area contributed by atoms with Gasteiger partial charge in [-0.05, 0) is 24.6 Å². The minimum absolute atomic E-state index is 0.0201. The Balaban J connectivity index is 2.45. The summed E-state index contributed by atoms with van der Waals surface area (Å²) in [7, 11) is 1.54. The average Bonchev–Trinajstić information content (AvgIpc) is 2.38. The molecule has 1 aromatic rings. The molecule has 2 N–H and O–H groups in total. The Morgan fingerprint density at radius 1 is 1.55 bits per heavy atom. The molecule has 20 heavy (non-hydrogen) atoms. The third-order valence-corrected chi connectivity index (χ3v) is 3.25. The number of carbonyl (C=O) groups excluding carboxylic acids is 1. The number of rotatable bonds is 8. The predicted molar refractivity (Wildman–Crippen MR) is 80.2 cm³/mol. The molecule has 0 aromatic heterocycles. The van der Waals surface area contributed by atoms with Crippen LogP contribution in [0.15, 0.2) is 22.7 Å². The lowest BCUT2D eigenvalue weighted by Crippen LogP contribution is -2.41. The van der Waals surface area contributed by atoms with Gasteiger partial charge in [-0.15, -0.1) is 0 Å². The Morgan fingerprint density at radius 2 is 2.30 bits per heavy atom. The van der Waals surface area contributed by atoms with Gasteiger partial charge in [-0.1, -0.05) is 27.5 Å². The molecule has 0 saturated heterocycles. The van der Waals surface area contributed by atoms with Gasteiger partial charge in [0.1, 0.15) is 5.75 Å². The van der Waals surface area contributed by atoms with Crippen LogP contribution < -0.4 is 10.1 Å². The van der Waals surface area contributed by atoms with E-state index in [2.05, 4.69) is 21.2 Å². The summed E-state index contributed by atoms with van der Waals surface area (Å²) in [6.45, 7) is 0.173. The first-order valence-corrected chi connectivity index (χ1v) is 7.21. The number of benzene rings is 1. The highest BCUT2D eigenvalue weighted by atomic mass is 79.9. The van der Waals surface area contributed by atoms with Crippen LogP contribution >= 0.6 is 27.5 Å². The van der Waals surface area contributed by atoms with E-state index < -0.39 is 0 Å². The zero-order valence-corrected chi connectivity index (χ0v) is 13.4. The summed E-state index contributed by atoms with van der Waals surface area (Å²) in [5.74, 6) is 0.148. The summed E-state index contributed by atoms with van der Waals surface area (Å²) in [5.41, 5.74) is 0. The molecule has 0 bridgehead atoms. The van der Waals surface area contributed by atoms with E-state index in [1.54, 1.807) is 18.2 Å². The minimum atomic E-state index is -0.292. The summed E-state index contributed by atoms with van der Waals surface area (Å²) < 4.78 is 11.1. The third-order valence-electron chi connectivity index (χ3n) is 2.46. The molecular weight excluding hydrogens is 350 g/mol. The molecule has 0 fully saturated rings. The number of halogens is 2. The van der Waals surface area contributed by atoms with E-state index in [9.17, 15) is 4.79 Å². The fourth-order valence-corrected chi connectivity index (χ4v) is 2.29. The zero-order chi connectivity index (χ0) is 15.0.